The molecule has 0 aliphatic rings. The lowest BCUT2D eigenvalue weighted by molar-refractivity contribution is 0.426. The van der Waals surface area contributed by atoms with Crippen LogP contribution in [-0.4, -0.2) is 0 Å². The highest BCUT2D eigenvalue weighted by atomic mass is 19.1. The van der Waals surface area contributed by atoms with E-state index in [1.165, 1.54) is 12.1 Å². The highest BCUT2D eigenvalue weighted by Crippen LogP contribution is 2.50. The summed E-state index contributed by atoms with van der Waals surface area (Å²) in [5.74, 6) is -0.526. The van der Waals surface area contributed by atoms with Crippen LogP contribution in [0.15, 0.2) is 170 Å². The quantitative estimate of drug-likeness (QED) is 0.157. The summed E-state index contributed by atoms with van der Waals surface area (Å²) in [4.78, 5) is 0. The molecule has 0 atom stereocenters. The van der Waals surface area contributed by atoms with Crippen LogP contribution >= 0.6 is 0 Å². The van der Waals surface area contributed by atoms with Crippen LogP contribution in [0.25, 0.3) is 0 Å². The fourth-order valence-electron chi connectivity index (χ4n) is 6.68. The summed E-state index contributed by atoms with van der Waals surface area (Å²) in [6.45, 7) is 0. The molecule has 0 fully saturated rings. The largest absolute Gasteiger partial charge is 0.207 e. The van der Waals surface area contributed by atoms with Crippen molar-refractivity contribution in [2.24, 2.45) is 0 Å². The van der Waals surface area contributed by atoms with E-state index in [1.54, 1.807) is 12.1 Å². The summed E-state index contributed by atoms with van der Waals surface area (Å²) < 4.78 is 32.1. The van der Waals surface area contributed by atoms with Crippen molar-refractivity contribution in [2.45, 2.75) is 23.7 Å². The van der Waals surface area contributed by atoms with E-state index in [9.17, 15) is 0 Å². The monoisotopic (exact) mass is 550 g/mol. The predicted molar refractivity (Wildman–Crippen MR) is 168 cm³/mol. The first-order valence-corrected chi connectivity index (χ1v) is 14.4. The van der Waals surface area contributed by atoms with E-state index in [1.807, 2.05) is 97.1 Å². The molecule has 206 valence electrons. The summed E-state index contributed by atoms with van der Waals surface area (Å²) >= 11 is 0. The lowest BCUT2D eigenvalue weighted by Crippen LogP contribution is -2.37. The van der Waals surface area contributed by atoms with E-state index in [0.717, 1.165) is 22.3 Å². The summed E-state index contributed by atoms with van der Waals surface area (Å²) in [5.41, 5.74) is 3.49. The first kappa shape index (κ1) is 27.4. The second-order valence-electron chi connectivity index (χ2n) is 10.7. The fraction of sp³-hybridized carbons (Fsp3) is 0.100. The first-order chi connectivity index (χ1) is 20.7. The van der Waals surface area contributed by atoms with Crippen molar-refractivity contribution >= 4 is 0 Å². The molecule has 0 spiro atoms. The Morgan fingerprint density at radius 2 is 0.548 bits per heavy atom. The van der Waals surface area contributed by atoms with Gasteiger partial charge in [0.1, 0.15) is 11.6 Å². The second-order valence-corrected chi connectivity index (χ2v) is 10.7. The smallest absolute Gasteiger partial charge is 0.127 e. The molecule has 0 N–H and O–H groups in total. The Morgan fingerprint density at radius 3 is 0.810 bits per heavy atom. The van der Waals surface area contributed by atoms with Gasteiger partial charge in [0.25, 0.3) is 0 Å². The Bertz CT molecular complexity index is 1520. The number of hydrogen-bond acceptors (Lipinski definition) is 0. The third kappa shape index (κ3) is 4.84. The topological polar surface area (TPSA) is 0 Å². The Morgan fingerprint density at radius 1 is 0.310 bits per heavy atom. The van der Waals surface area contributed by atoms with Gasteiger partial charge in [0.15, 0.2) is 0 Å². The Balaban J connectivity index is 1.66. The minimum Gasteiger partial charge on any atom is -0.207 e. The third-order valence-corrected chi connectivity index (χ3v) is 8.61. The van der Waals surface area contributed by atoms with Crippen molar-refractivity contribution < 1.29 is 8.78 Å². The molecule has 0 aliphatic carbocycles. The average molecular weight is 551 g/mol. The maximum atomic E-state index is 16.0. The van der Waals surface area contributed by atoms with Crippen molar-refractivity contribution in [1.29, 1.82) is 0 Å². The fourth-order valence-corrected chi connectivity index (χ4v) is 6.68. The van der Waals surface area contributed by atoms with Crippen LogP contribution in [-0.2, 0) is 10.8 Å². The van der Waals surface area contributed by atoms with Gasteiger partial charge in [-0.3, -0.25) is 0 Å². The summed E-state index contributed by atoms with van der Waals surface area (Å²) in [7, 11) is 0. The molecule has 0 saturated carbocycles. The molecule has 0 bridgehead atoms. The average Bonchev–Trinajstić information content (AvgIpc) is 3.06. The molecule has 0 amide bonds. The van der Waals surface area contributed by atoms with Crippen LogP contribution < -0.4 is 0 Å². The maximum Gasteiger partial charge on any atom is 0.127 e. The van der Waals surface area contributed by atoms with E-state index < -0.39 is 10.8 Å². The van der Waals surface area contributed by atoms with E-state index in [2.05, 4.69) is 48.5 Å². The first-order valence-electron chi connectivity index (χ1n) is 14.4. The highest BCUT2D eigenvalue weighted by molar-refractivity contribution is 5.54. The third-order valence-electron chi connectivity index (χ3n) is 8.61. The molecule has 0 aromatic heterocycles. The minimum atomic E-state index is -0.839. The summed E-state index contributed by atoms with van der Waals surface area (Å²) in [5, 5.41) is 0. The van der Waals surface area contributed by atoms with Crippen molar-refractivity contribution in [1.82, 2.24) is 0 Å². The van der Waals surface area contributed by atoms with Crippen molar-refractivity contribution in [2.75, 3.05) is 0 Å². The lowest BCUT2D eigenvalue weighted by Gasteiger charge is -2.42. The zero-order valence-electron chi connectivity index (χ0n) is 23.3. The number of rotatable bonds is 9. The van der Waals surface area contributed by atoms with Gasteiger partial charge in [-0.2, -0.15) is 0 Å². The van der Waals surface area contributed by atoms with Crippen LogP contribution in [0.5, 0.6) is 0 Å². The van der Waals surface area contributed by atoms with Gasteiger partial charge in [0.2, 0.25) is 0 Å². The molecule has 6 aromatic carbocycles. The van der Waals surface area contributed by atoms with E-state index in [4.69, 9.17) is 0 Å². The van der Waals surface area contributed by atoms with Gasteiger partial charge >= 0.3 is 0 Å². The molecule has 0 radical (unpaired) electrons. The van der Waals surface area contributed by atoms with Gasteiger partial charge in [-0.15, -0.1) is 0 Å². The van der Waals surface area contributed by atoms with E-state index in [0.29, 0.717) is 24.0 Å². The van der Waals surface area contributed by atoms with Crippen LogP contribution in [0, 0.1) is 11.6 Å². The molecule has 42 heavy (non-hydrogen) atoms. The summed E-state index contributed by atoms with van der Waals surface area (Å²) in [6.07, 6.45) is 1.03. The van der Waals surface area contributed by atoms with Gasteiger partial charge in [-0.1, -0.05) is 158 Å². The van der Waals surface area contributed by atoms with Gasteiger partial charge in [0.05, 0.1) is 0 Å². The molecule has 0 unspecified atom stereocenters. The van der Waals surface area contributed by atoms with E-state index >= 15 is 8.78 Å². The van der Waals surface area contributed by atoms with Gasteiger partial charge in [-0.05, 0) is 47.2 Å². The van der Waals surface area contributed by atoms with Crippen molar-refractivity contribution in [3.05, 3.63) is 215 Å². The standard InChI is InChI=1S/C40H32F2/c41-37-27-15-13-25-35(37)39(31-17-5-1-6-18-31,32-19-7-2-8-20-32)29-30-40(33-21-9-3-10-22-33,34-23-11-4-12-24-34)36-26-14-16-28-38(36)42/h1-28H,29-30H2. The zero-order valence-corrected chi connectivity index (χ0v) is 23.3. The molecular formula is C40H32F2. The number of halogens is 2. The molecule has 6 rings (SSSR count). The van der Waals surface area contributed by atoms with Crippen LogP contribution in [0.3, 0.4) is 0 Å². The maximum absolute atomic E-state index is 16.0. The van der Waals surface area contributed by atoms with Crippen LogP contribution in [0.2, 0.25) is 0 Å². The predicted octanol–water partition coefficient (Wildman–Crippen LogP) is 10.1. The number of hydrogen-bond donors (Lipinski definition) is 0. The Labute approximate surface area is 247 Å². The molecular weight excluding hydrogens is 518 g/mol. The van der Waals surface area contributed by atoms with Crippen LogP contribution in [0.1, 0.15) is 46.2 Å². The lowest BCUT2D eigenvalue weighted by atomic mass is 9.60. The van der Waals surface area contributed by atoms with Crippen molar-refractivity contribution in [3.8, 4) is 0 Å². The molecule has 6 aromatic rings. The molecule has 0 nitrogen and oxygen atoms in total. The Hall–Kier alpha value is -4.82. The molecule has 2 heteroatoms. The molecule has 0 aliphatic heterocycles. The minimum absolute atomic E-state index is 0.263. The number of benzene rings is 6. The van der Waals surface area contributed by atoms with Crippen LogP contribution in [0.4, 0.5) is 8.78 Å². The van der Waals surface area contributed by atoms with Gasteiger partial charge in [0, 0.05) is 22.0 Å². The summed E-state index contributed by atoms with van der Waals surface area (Å²) in [6, 6.07) is 54.7. The van der Waals surface area contributed by atoms with E-state index in [-0.39, 0.29) is 11.6 Å². The Kier molecular flexibility index (Phi) is 7.79. The van der Waals surface area contributed by atoms with Gasteiger partial charge < -0.3 is 0 Å². The molecule has 0 heterocycles. The molecule has 0 saturated heterocycles. The second kappa shape index (κ2) is 12.0. The zero-order chi connectivity index (χ0) is 28.8. The normalized spacial score (nSPS) is 11.8. The SMILES string of the molecule is Fc1ccccc1C(CCC(c1ccccc1)(c1ccccc1)c1ccccc1F)(c1ccccc1)c1ccccc1. The van der Waals surface area contributed by atoms with Gasteiger partial charge in [-0.25, -0.2) is 8.78 Å². The highest BCUT2D eigenvalue weighted by Gasteiger charge is 2.44. The van der Waals surface area contributed by atoms with Crippen molar-refractivity contribution in [3.63, 3.8) is 0 Å².